The monoisotopic (exact) mass is 600 g/mol. The summed E-state index contributed by atoms with van der Waals surface area (Å²) in [6.07, 6.45) is 21.0. The van der Waals surface area contributed by atoms with Crippen molar-refractivity contribution in [3.8, 4) is 0 Å². The second-order valence-electron chi connectivity index (χ2n) is 12.4. The van der Waals surface area contributed by atoms with E-state index in [-0.39, 0.29) is 13.2 Å². The van der Waals surface area contributed by atoms with Crippen molar-refractivity contribution in [1.29, 1.82) is 0 Å². The highest BCUT2D eigenvalue weighted by Gasteiger charge is 2.25. The maximum Gasteiger partial charge on any atom is 0.472 e. The lowest BCUT2D eigenvalue weighted by Gasteiger charge is -2.24. The number of benzene rings is 1. The van der Waals surface area contributed by atoms with Gasteiger partial charge in [0.1, 0.15) is 19.3 Å². The number of hydrogen-bond acceptors (Lipinski definition) is 5. The average Bonchev–Trinajstić information content (AvgIpc) is 2.93. The fourth-order valence-electron chi connectivity index (χ4n) is 4.54. The van der Waals surface area contributed by atoms with Crippen LogP contribution in [0.15, 0.2) is 30.3 Å². The van der Waals surface area contributed by atoms with E-state index in [0.717, 1.165) is 18.4 Å². The molecule has 0 aliphatic rings. The van der Waals surface area contributed by atoms with E-state index in [0.29, 0.717) is 30.8 Å². The Morgan fingerprint density at radius 2 is 1.22 bits per heavy atom. The Balaban J connectivity index is 2.13. The van der Waals surface area contributed by atoms with Gasteiger partial charge in [-0.25, -0.2) is 4.57 Å². The first-order valence-corrected chi connectivity index (χ1v) is 17.9. The van der Waals surface area contributed by atoms with Crippen molar-refractivity contribution in [1.82, 2.24) is 0 Å². The second-order valence-corrected chi connectivity index (χ2v) is 13.9. The van der Waals surface area contributed by atoms with Gasteiger partial charge < -0.3 is 18.9 Å². The van der Waals surface area contributed by atoms with Crippen LogP contribution in [-0.2, 0) is 29.7 Å². The molecule has 1 N–H and O–H groups in total. The summed E-state index contributed by atoms with van der Waals surface area (Å²) in [5, 5.41) is 0. The molecular weight excluding hydrogens is 537 g/mol. The van der Waals surface area contributed by atoms with Gasteiger partial charge in [-0.2, -0.15) is 0 Å². The zero-order valence-electron chi connectivity index (χ0n) is 26.9. The van der Waals surface area contributed by atoms with Crippen LogP contribution in [0.2, 0.25) is 0 Å². The number of likely N-dealkylation sites (N-methyl/N-ethyl adjacent to an activating group) is 1. The van der Waals surface area contributed by atoms with Gasteiger partial charge in [-0.3, -0.25) is 9.05 Å². The first kappa shape index (κ1) is 38.2. The quantitative estimate of drug-likeness (QED) is 0.0563. The molecule has 0 fully saturated rings. The number of unbranched alkanes of at least 4 members (excludes halogenated alkanes) is 15. The first-order chi connectivity index (χ1) is 19.7. The summed E-state index contributed by atoms with van der Waals surface area (Å²) in [5.74, 6) is 0. The first-order valence-electron chi connectivity index (χ1n) is 16.4. The molecule has 1 aromatic carbocycles. The standard InChI is InChI=1S/C33H62NO6P/c1-5-6-7-8-9-10-11-12-13-14-15-16-17-18-19-23-27-37-30-33(38-29-32-24-21-20-22-25-32)31-40-41(35,36)39-28-26-34(2,3)4/h20-22,24-25,33H,5-19,23,26-31H2,1-4H3/p+1/t33-/m0/s1. The molecule has 0 saturated carbocycles. The summed E-state index contributed by atoms with van der Waals surface area (Å²) < 4.78 is 35.2. The van der Waals surface area contributed by atoms with Crippen molar-refractivity contribution in [2.45, 2.75) is 122 Å². The Labute approximate surface area is 252 Å². The van der Waals surface area contributed by atoms with Crippen LogP contribution in [0.4, 0.5) is 0 Å². The fourth-order valence-corrected chi connectivity index (χ4v) is 5.29. The van der Waals surface area contributed by atoms with Crippen molar-refractivity contribution >= 4 is 7.82 Å². The Kier molecular flexibility index (Phi) is 23.0. The SMILES string of the molecule is CCCCCCCCCCCCCCCCCCOC[C@@H](COP(=O)(O)OCC[N+](C)(C)C)OCc1ccccc1. The fraction of sp³-hybridized carbons (Fsp3) is 0.818. The predicted octanol–water partition coefficient (Wildman–Crippen LogP) is 8.69. The Morgan fingerprint density at radius 3 is 1.73 bits per heavy atom. The van der Waals surface area contributed by atoms with E-state index in [4.69, 9.17) is 18.5 Å². The van der Waals surface area contributed by atoms with Gasteiger partial charge in [-0.1, -0.05) is 134 Å². The van der Waals surface area contributed by atoms with Gasteiger partial charge >= 0.3 is 7.82 Å². The van der Waals surface area contributed by atoms with E-state index in [1.165, 1.54) is 89.9 Å². The molecule has 0 amide bonds. The van der Waals surface area contributed by atoms with Crippen molar-refractivity contribution in [3.05, 3.63) is 35.9 Å². The molecule has 0 aromatic heterocycles. The van der Waals surface area contributed by atoms with Crippen LogP contribution in [0, 0.1) is 0 Å². The number of rotatable bonds is 29. The van der Waals surface area contributed by atoms with Crippen molar-refractivity contribution in [3.63, 3.8) is 0 Å². The zero-order chi connectivity index (χ0) is 30.1. The lowest BCUT2D eigenvalue weighted by molar-refractivity contribution is -0.870. The van der Waals surface area contributed by atoms with Crippen molar-refractivity contribution in [2.75, 3.05) is 54.1 Å². The van der Waals surface area contributed by atoms with E-state index in [1.807, 2.05) is 51.5 Å². The number of quaternary nitrogens is 1. The maximum atomic E-state index is 12.3. The zero-order valence-corrected chi connectivity index (χ0v) is 27.8. The summed E-state index contributed by atoms with van der Waals surface area (Å²) >= 11 is 0. The molecule has 2 atom stereocenters. The molecule has 0 aliphatic heterocycles. The van der Waals surface area contributed by atoms with Gasteiger partial charge in [-0.05, 0) is 12.0 Å². The molecule has 1 aromatic rings. The number of hydrogen-bond donors (Lipinski definition) is 1. The predicted molar refractivity (Wildman–Crippen MR) is 170 cm³/mol. The van der Waals surface area contributed by atoms with E-state index in [9.17, 15) is 9.46 Å². The molecule has 0 spiro atoms. The molecule has 0 bridgehead atoms. The Bertz CT molecular complexity index is 758. The Hall–Kier alpha value is -0.790. The lowest BCUT2D eigenvalue weighted by Crippen LogP contribution is -2.37. The van der Waals surface area contributed by atoms with Gasteiger partial charge in [0.05, 0.1) is 41.0 Å². The maximum absolute atomic E-state index is 12.3. The summed E-state index contributed by atoms with van der Waals surface area (Å²) in [6, 6.07) is 9.85. The van der Waals surface area contributed by atoms with Crippen LogP contribution < -0.4 is 0 Å². The largest absolute Gasteiger partial charge is 0.472 e. The van der Waals surface area contributed by atoms with E-state index < -0.39 is 13.9 Å². The van der Waals surface area contributed by atoms with Gasteiger partial charge in [0.15, 0.2) is 0 Å². The van der Waals surface area contributed by atoms with Gasteiger partial charge in [-0.15, -0.1) is 0 Å². The minimum atomic E-state index is -4.15. The Morgan fingerprint density at radius 1 is 0.707 bits per heavy atom. The molecule has 240 valence electrons. The van der Waals surface area contributed by atoms with Gasteiger partial charge in [0, 0.05) is 6.61 Å². The summed E-state index contributed by atoms with van der Waals surface area (Å²) in [6.45, 7) is 4.30. The average molecular weight is 601 g/mol. The van der Waals surface area contributed by atoms with E-state index in [1.54, 1.807) is 0 Å². The molecule has 8 heteroatoms. The van der Waals surface area contributed by atoms with Crippen LogP contribution in [0.1, 0.15) is 115 Å². The molecule has 0 saturated heterocycles. The highest BCUT2D eigenvalue weighted by molar-refractivity contribution is 7.47. The van der Waals surface area contributed by atoms with Crippen LogP contribution in [0.5, 0.6) is 0 Å². The van der Waals surface area contributed by atoms with Crippen LogP contribution in [0.25, 0.3) is 0 Å². The topological polar surface area (TPSA) is 74.2 Å². The minimum Gasteiger partial charge on any atom is -0.379 e. The van der Waals surface area contributed by atoms with Gasteiger partial charge in [0.25, 0.3) is 0 Å². The number of ether oxygens (including phenoxy) is 2. The minimum absolute atomic E-state index is 0.0655. The number of nitrogens with zero attached hydrogens (tertiary/aromatic N) is 1. The molecule has 41 heavy (non-hydrogen) atoms. The summed E-state index contributed by atoms with van der Waals surface area (Å²) in [5.41, 5.74) is 1.03. The normalized spacial score (nSPS) is 14.3. The summed E-state index contributed by atoms with van der Waals surface area (Å²) in [7, 11) is 1.84. The molecular formula is C33H63NO6P+. The van der Waals surface area contributed by atoms with E-state index >= 15 is 0 Å². The van der Waals surface area contributed by atoms with Gasteiger partial charge in [0.2, 0.25) is 0 Å². The molecule has 0 heterocycles. The lowest BCUT2D eigenvalue weighted by atomic mass is 10.0. The highest BCUT2D eigenvalue weighted by atomic mass is 31.2. The van der Waals surface area contributed by atoms with Crippen molar-refractivity contribution in [2.24, 2.45) is 0 Å². The molecule has 0 aliphatic carbocycles. The van der Waals surface area contributed by atoms with E-state index in [2.05, 4.69) is 6.92 Å². The number of phosphoric acid groups is 1. The molecule has 1 rings (SSSR count). The smallest absolute Gasteiger partial charge is 0.379 e. The molecule has 7 nitrogen and oxygen atoms in total. The molecule has 0 radical (unpaired) electrons. The van der Waals surface area contributed by atoms with Crippen LogP contribution >= 0.6 is 7.82 Å². The van der Waals surface area contributed by atoms with Crippen molar-refractivity contribution < 1.29 is 32.5 Å². The third-order valence-electron chi connectivity index (χ3n) is 7.21. The second kappa shape index (κ2) is 24.6. The molecule has 1 unspecified atom stereocenters. The highest BCUT2D eigenvalue weighted by Crippen LogP contribution is 2.43. The van der Waals surface area contributed by atoms with Crippen LogP contribution in [-0.4, -0.2) is 69.6 Å². The van der Waals surface area contributed by atoms with Crippen LogP contribution in [0.3, 0.4) is 0 Å². The summed E-state index contributed by atoms with van der Waals surface area (Å²) in [4.78, 5) is 10.1. The third-order valence-corrected chi connectivity index (χ3v) is 8.20. The number of phosphoric ester groups is 1. The third kappa shape index (κ3) is 25.4.